The number of pyridine rings is 1. The average Bonchev–Trinajstić information content (AvgIpc) is 2.09. The van der Waals surface area contributed by atoms with Crippen molar-refractivity contribution in [1.29, 1.82) is 0 Å². The minimum Gasteiger partial charge on any atom is -0.384 e. The SMILES string of the molecule is CC(C)(C)CC(C)(C)Nc1cc(C(F)(F)F)cc(N)n1. The zero-order valence-corrected chi connectivity index (χ0v) is 12.5. The van der Waals surface area contributed by atoms with Gasteiger partial charge in [-0.2, -0.15) is 13.2 Å². The van der Waals surface area contributed by atoms with Gasteiger partial charge in [0.2, 0.25) is 0 Å². The fraction of sp³-hybridized carbons (Fsp3) is 0.643. The number of alkyl halides is 3. The molecule has 0 bridgehead atoms. The third-order valence-corrected chi connectivity index (χ3v) is 2.61. The van der Waals surface area contributed by atoms with Gasteiger partial charge in [0.25, 0.3) is 0 Å². The number of hydrogen-bond donors (Lipinski definition) is 2. The average molecular weight is 289 g/mol. The second kappa shape index (κ2) is 5.14. The van der Waals surface area contributed by atoms with Gasteiger partial charge in [-0.25, -0.2) is 4.98 Å². The highest BCUT2D eigenvalue weighted by atomic mass is 19.4. The number of nitrogen functional groups attached to an aromatic ring is 1. The Hall–Kier alpha value is -1.46. The van der Waals surface area contributed by atoms with Crippen LogP contribution in [0.4, 0.5) is 24.8 Å². The maximum atomic E-state index is 12.7. The van der Waals surface area contributed by atoms with Gasteiger partial charge in [-0.15, -0.1) is 0 Å². The van der Waals surface area contributed by atoms with E-state index < -0.39 is 11.7 Å². The molecule has 0 saturated carbocycles. The summed E-state index contributed by atoms with van der Waals surface area (Å²) < 4.78 is 38.2. The van der Waals surface area contributed by atoms with Crippen molar-refractivity contribution in [3.05, 3.63) is 17.7 Å². The van der Waals surface area contributed by atoms with Crippen molar-refractivity contribution in [2.45, 2.75) is 52.8 Å². The Morgan fingerprint density at radius 2 is 1.65 bits per heavy atom. The van der Waals surface area contributed by atoms with Crippen LogP contribution in [0.5, 0.6) is 0 Å². The molecule has 0 aliphatic heterocycles. The standard InChI is InChI=1S/C14H22F3N3/c1-12(2,3)8-13(4,5)20-11-7-9(14(15,16)17)6-10(18)19-11/h6-7H,8H2,1-5H3,(H3,18,19,20). The number of anilines is 2. The molecule has 0 aliphatic carbocycles. The third-order valence-electron chi connectivity index (χ3n) is 2.61. The lowest BCUT2D eigenvalue weighted by Gasteiger charge is -2.34. The van der Waals surface area contributed by atoms with Gasteiger partial charge in [0.05, 0.1) is 5.56 Å². The van der Waals surface area contributed by atoms with Crippen LogP contribution in [0.1, 0.15) is 46.6 Å². The fourth-order valence-electron chi connectivity index (χ4n) is 2.50. The van der Waals surface area contributed by atoms with Crippen LogP contribution in [0.15, 0.2) is 12.1 Å². The first-order valence-corrected chi connectivity index (χ1v) is 6.41. The van der Waals surface area contributed by atoms with Crippen molar-refractivity contribution in [3.63, 3.8) is 0 Å². The lowest BCUT2D eigenvalue weighted by molar-refractivity contribution is -0.137. The highest BCUT2D eigenvalue weighted by molar-refractivity contribution is 5.48. The molecular weight excluding hydrogens is 267 g/mol. The van der Waals surface area contributed by atoms with Gasteiger partial charge in [-0.3, -0.25) is 0 Å². The van der Waals surface area contributed by atoms with Gasteiger partial charge in [0, 0.05) is 5.54 Å². The number of aromatic nitrogens is 1. The molecule has 1 aromatic rings. The largest absolute Gasteiger partial charge is 0.416 e. The van der Waals surface area contributed by atoms with Gasteiger partial charge >= 0.3 is 6.18 Å². The van der Waals surface area contributed by atoms with E-state index >= 15 is 0 Å². The Bertz CT molecular complexity index is 474. The molecule has 0 unspecified atom stereocenters. The normalized spacial score (nSPS) is 13.4. The van der Waals surface area contributed by atoms with Crippen LogP contribution in [0.3, 0.4) is 0 Å². The molecule has 0 aromatic carbocycles. The van der Waals surface area contributed by atoms with Crippen LogP contribution in [-0.2, 0) is 6.18 Å². The Morgan fingerprint density at radius 3 is 2.10 bits per heavy atom. The molecule has 0 atom stereocenters. The van der Waals surface area contributed by atoms with Gasteiger partial charge < -0.3 is 11.1 Å². The minimum absolute atomic E-state index is 0.0453. The molecule has 1 heterocycles. The Morgan fingerprint density at radius 1 is 1.10 bits per heavy atom. The topological polar surface area (TPSA) is 50.9 Å². The first kappa shape index (κ1) is 16.6. The second-order valence-electron chi connectivity index (χ2n) is 6.91. The summed E-state index contributed by atoms with van der Waals surface area (Å²) in [7, 11) is 0. The fourth-order valence-corrected chi connectivity index (χ4v) is 2.50. The van der Waals surface area contributed by atoms with Gasteiger partial charge in [-0.1, -0.05) is 20.8 Å². The Balaban J connectivity index is 3.01. The van der Waals surface area contributed by atoms with E-state index in [0.29, 0.717) is 0 Å². The molecule has 0 fully saturated rings. The monoisotopic (exact) mass is 289 g/mol. The number of halogens is 3. The molecule has 6 heteroatoms. The summed E-state index contributed by atoms with van der Waals surface area (Å²) in [6, 6.07) is 1.82. The van der Waals surface area contributed by atoms with Gasteiger partial charge in [-0.05, 0) is 37.8 Å². The predicted octanol–water partition coefficient (Wildman–Crippen LogP) is 4.31. The van der Waals surface area contributed by atoms with Crippen molar-refractivity contribution in [2.24, 2.45) is 5.41 Å². The summed E-state index contributed by atoms with van der Waals surface area (Å²) in [6.45, 7) is 10.1. The van der Waals surface area contributed by atoms with Crippen molar-refractivity contribution >= 4 is 11.6 Å². The molecule has 3 N–H and O–H groups in total. The van der Waals surface area contributed by atoms with E-state index in [1.165, 1.54) is 0 Å². The summed E-state index contributed by atoms with van der Waals surface area (Å²) in [5.74, 6) is 0.000425. The molecular formula is C14H22F3N3. The summed E-state index contributed by atoms with van der Waals surface area (Å²) in [4.78, 5) is 3.93. The van der Waals surface area contributed by atoms with E-state index in [4.69, 9.17) is 5.73 Å². The van der Waals surface area contributed by atoms with Crippen LogP contribution >= 0.6 is 0 Å². The van der Waals surface area contributed by atoms with Crippen molar-refractivity contribution in [2.75, 3.05) is 11.1 Å². The van der Waals surface area contributed by atoms with E-state index in [1.807, 2.05) is 13.8 Å². The van der Waals surface area contributed by atoms with Crippen molar-refractivity contribution < 1.29 is 13.2 Å². The number of hydrogen-bond acceptors (Lipinski definition) is 3. The van der Waals surface area contributed by atoms with E-state index in [0.717, 1.165) is 18.6 Å². The first-order valence-electron chi connectivity index (χ1n) is 6.41. The lowest BCUT2D eigenvalue weighted by Crippen LogP contribution is -2.35. The molecule has 20 heavy (non-hydrogen) atoms. The van der Waals surface area contributed by atoms with E-state index in [-0.39, 0.29) is 22.6 Å². The Labute approximate surface area is 117 Å². The molecule has 0 saturated heterocycles. The maximum Gasteiger partial charge on any atom is 0.416 e. The van der Waals surface area contributed by atoms with E-state index in [1.54, 1.807) is 0 Å². The summed E-state index contributed by atoms with van der Waals surface area (Å²) in [5, 5.41) is 3.04. The highest BCUT2D eigenvalue weighted by Gasteiger charge is 2.32. The summed E-state index contributed by atoms with van der Waals surface area (Å²) >= 11 is 0. The minimum atomic E-state index is -4.43. The number of rotatable bonds is 3. The predicted molar refractivity (Wildman–Crippen MR) is 75.4 cm³/mol. The van der Waals surface area contributed by atoms with E-state index in [9.17, 15) is 13.2 Å². The molecule has 0 aliphatic rings. The van der Waals surface area contributed by atoms with Crippen LogP contribution in [0, 0.1) is 5.41 Å². The zero-order chi connectivity index (χ0) is 15.8. The lowest BCUT2D eigenvalue weighted by atomic mass is 9.82. The summed E-state index contributed by atoms with van der Waals surface area (Å²) in [6.07, 6.45) is -3.65. The molecule has 3 nitrogen and oxygen atoms in total. The molecule has 0 radical (unpaired) electrons. The molecule has 1 rings (SSSR count). The quantitative estimate of drug-likeness (QED) is 0.871. The second-order valence-corrected chi connectivity index (χ2v) is 6.91. The van der Waals surface area contributed by atoms with Gasteiger partial charge in [0.1, 0.15) is 11.6 Å². The smallest absolute Gasteiger partial charge is 0.384 e. The van der Waals surface area contributed by atoms with Crippen molar-refractivity contribution in [3.8, 4) is 0 Å². The maximum absolute atomic E-state index is 12.7. The molecule has 114 valence electrons. The first-order chi connectivity index (χ1) is 8.78. The molecule has 0 spiro atoms. The Kier molecular flexibility index (Phi) is 4.27. The third kappa shape index (κ3) is 5.27. The summed E-state index contributed by atoms with van der Waals surface area (Å²) in [5.41, 5.74) is 4.32. The number of nitrogens with zero attached hydrogens (tertiary/aromatic N) is 1. The van der Waals surface area contributed by atoms with Crippen LogP contribution < -0.4 is 11.1 Å². The number of nitrogens with two attached hydrogens (primary N) is 1. The highest BCUT2D eigenvalue weighted by Crippen LogP contribution is 2.33. The zero-order valence-electron chi connectivity index (χ0n) is 12.5. The van der Waals surface area contributed by atoms with Crippen LogP contribution in [-0.4, -0.2) is 10.5 Å². The van der Waals surface area contributed by atoms with E-state index in [2.05, 4.69) is 31.1 Å². The number of nitrogens with one attached hydrogen (secondary N) is 1. The van der Waals surface area contributed by atoms with Gasteiger partial charge in [0.15, 0.2) is 0 Å². The van der Waals surface area contributed by atoms with Crippen molar-refractivity contribution in [1.82, 2.24) is 4.98 Å². The molecule has 0 amide bonds. The van der Waals surface area contributed by atoms with Crippen LogP contribution in [0.2, 0.25) is 0 Å². The molecule has 1 aromatic heterocycles. The van der Waals surface area contributed by atoms with Crippen LogP contribution in [0.25, 0.3) is 0 Å².